The lowest BCUT2D eigenvalue weighted by Gasteiger charge is -2.03. The van der Waals surface area contributed by atoms with Crippen molar-refractivity contribution in [3.63, 3.8) is 0 Å². The molecule has 0 fully saturated rings. The second kappa shape index (κ2) is 5.07. The van der Waals surface area contributed by atoms with Gasteiger partial charge in [0.05, 0.1) is 6.61 Å². The quantitative estimate of drug-likeness (QED) is 0.518. The molecule has 0 aliphatic carbocycles. The first kappa shape index (κ1) is 9.43. The summed E-state index contributed by atoms with van der Waals surface area (Å²) in [5, 5.41) is 0. The molecular weight excluding hydrogens is 164 g/mol. The molecule has 0 aromatic heterocycles. The van der Waals surface area contributed by atoms with E-state index in [0.29, 0.717) is 6.61 Å². The third-order valence-electron chi connectivity index (χ3n) is 1.41. The van der Waals surface area contributed by atoms with Crippen LogP contribution in [0.1, 0.15) is 6.92 Å². The van der Waals surface area contributed by atoms with Crippen LogP contribution in [0.4, 0.5) is 0 Å². The molecule has 0 amide bonds. The molecule has 1 aromatic carbocycles. The average Bonchev–Trinajstić information content (AvgIpc) is 2.17. The fraction of sp³-hybridized carbons (Fsp3) is 0.182. The van der Waals surface area contributed by atoms with Crippen LogP contribution in [-0.2, 0) is 0 Å². The molecule has 0 aliphatic rings. The minimum Gasteiger partial charge on any atom is -0.494 e. The molecule has 13 heavy (non-hydrogen) atoms. The van der Waals surface area contributed by atoms with E-state index in [0.717, 1.165) is 11.5 Å². The fourth-order valence-electron chi connectivity index (χ4n) is 0.891. The molecule has 0 aliphatic heterocycles. The highest BCUT2D eigenvalue weighted by atomic mass is 16.5. The van der Waals surface area contributed by atoms with Crippen LogP contribution in [0.25, 0.3) is 0 Å². The van der Waals surface area contributed by atoms with Crippen LogP contribution in [0.15, 0.2) is 42.8 Å². The molecule has 1 aromatic rings. The Bertz CT molecular complexity index is 294. The molecule has 0 radical (unpaired) electrons. The molecule has 0 unspecified atom stereocenters. The first-order valence-electron chi connectivity index (χ1n) is 4.10. The van der Waals surface area contributed by atoms with Gasteiger partial charge in [0.15, 0.2) is 0 Å². The Labute approximate surface area is 78.1 Å². The van der Waals surface area contributed by atoms with Crippen LogP contribution >= 0.6 is 0 Å². The minimum absolute atomic E-state index is 0.673. The third-order valence-corrected chi connectivity index (χ3v) is 1.41. The topological polar surface area (TPSA) is 18.5 Å². The third kappa shape index (κ3) is 3.06. The van der Waals surface area contributed by atoms with Crippen molar-refractivity contribution in [1.82, 2.24) is 0 Å². The van der Waals surface area contributed by atoms with Crippen LogP contribution in [-0.4, -0.2) is 6.61 Å². The zero-order valence-electron chi connectivity index (χ0n) is 7.62. The molecule has 68 valence electrons. The summed E-state index contributed by atoms with van der Waals surface area (Å²) in [6.07, 6.45) is 1.41. The van der Waals surface area contributed by atoms with Gasteiger partial charge in [0.25, 0.3) is 0 Å². The van der Waals surface area contributed by atoms with E-state index >= 15 is 0 Å². The fourth-order valence-corrected chi connectivity index (χ4v) is 0.891. The normalized spacial score (nSPS) is 8.69. The van der Waals surface area contributed by atoms with Crippen molar-refractivity contribution in [3.8, 4) is 11.5 Å². The first-order valence-corrected chi connectivity index (χ1v) is 4.10. The second-order valence-corrected chi connectivity index (χ2v) is 2.34. The molecule has 2 nitrogen and oxygen atoms in total. The van der Waals surface area contributed by atoms with E-state index in [1.165, 1.54) is 6.26 Å². The Balaban J connectivity index is 2.63. The SMILES string of the molecule is C=C=COc1ccc(OCC)cc1. The Hall–Kier alpha value is -1.66. The van der Waals surface area contributed by atoms with Crippen molar-refractivity contribution in [2.45, 2.75) is 6.92 Å². The van der Waals surface area contributed by atoms with Crippen LogP contribution in [0, 0.1) is 0 Å². The lowest BCUT2D eigenvalue weighted by atomic mass is 10.3. The van der Waals surface area contributed by atoms with E-state index in [-0.39, 0.29) is 0 Å². The zero-order valence-corrected chi connectivity index (χ0v) is 7.62. The highest BCUT2D eigenvalue weighted by Gasteiger charge is 1.92. The van der Waals surface area contributed by atoms with Gasteiger partial charge in [-0.25, -0.2) is 0 Å². The molecule has 1 rings (SSSR count). The van der Waals surface area contributed by atoms with Crippen molar-refractivity contribution >= 4 is 0 Å². The Kier molecular flexibility index (Phi) is 3.68. The van der Waals surface area contributed by atoms with E-state index in [9.17, 15) is 0 Å². The number of hydrogen-bond acceptors (Lipinski definition) is 2. The Morgan fingerprint density at radius 2 is 1.92 bits per heavy atom. The van der Waals surface area contributed by atoms with Gasteiger partial charge >= 0.3 is 0 Å². The molecule has 0 heterocycles. The van der Waals surface area contributed by atoms with Crippen LogP contribution in [0.2, 0.25) is 0 Å². The maximum absolute atomic E-state index is 5.27. The lowest BCUT2D eigenvalue weighted by Crippen LogP contribution is -1.90. The predicted molar refractivity (Wildman–Crippen MR) is 51.9 cm³/mol. The molecule has 0 saturated heterocycles. The van der Waals surface area contributed by atoms with Gasteiger partial charge in [-0.05, 0) is 31.2 Å². The van der Waals surface area contributed by atoms with E-state index in [4.69, 9.17) is 9.47 Å². The zero-order chi connectivity index (χ0) is 9.52. The van der Waals surface area contributed by atoms with Gasteiger partial charge in [-0.15, -0.1) is 0 Å². The maximum Gasteiger partial charge on any atom is 0.133 e. The highest BCUT2D eigenvalue weighted by Crippen LogP contribution is 2.17. The van der Waals surface area contributed by atoms with E-state index in [1.54, 1.807) is 0 Å². The van der Waals surface area contributed by atoms with Gasteiger partial charge in [0.1, 0.15) is 17.8 Å². The minimum atomic E-state index is 0.673. The Morgan fingerprint density at radius 1 is 1.31 bits per heavy atom. The van der Waals surface area contributed by atoms with E-state index in [2.05, 4.69) is 12.3 Å². The van der Waals surface area contributed by atoms with Crippen molar-refractivity contribution in [1.29, 1.82) is 0 Å². The lowest BCUT2D eigenvalue weighted by molar-refractivity contribution is 0.339. The number of hydrogen-bond donors (Lipinski definition) is 0. The number of rotatable bonds is 4. The van der Waals surface area contributed by atoms with Crippen LogP contribution < -0.4 is 9.47 Å². The highest BCUT2D eigenvalue weighted by molar-refractivity contribution is 5.31. The summed E-state index contributed by atoms with van der Waals surface area (Å²) in [7, 11) is 0. The largest absolute Gasteiger partial charge is 0.494 e. The van der Waals surface area contributed by atoms with Crippen molar-refractivity contribution in [2.75, 3.05) is 6.61 Å². The summed E-state index contributed by atoms with van der Waals surface area (Å²) >= 11 is 0. The van der Waals surface area contributed by atoms with Gasteiger partial charge in [-0.1, -0.05) is 12.3 Å². The van der Waals surface area contributed by atoms with Gasteiger partial charge in [0, 0.05) is 0 Å². The molecule has 0 atom stereocenters. The summed E-state index contributed by atoms with van der Waals surface area (Å²) in [6, 6.07) is 7.38. The predicted octanol–water partition coefficient (Wildman–Crippen LogP) is 2.76. The van der Waals surface area contributed by atoms with Crippen LogP contribution in [0.3, 0.4) is 0 Å². The molecule has 0 bridgehead atoms. The summed E-state index contributed by atoms with van der Waals surface area (Å²) in [4.78, 5) is 0. The molecule has 0 N–H and O–H groups in total. The van der Waals surface area contributed by atoms with Crippen molar-refractivity contribution in [3.05, 3.63) is 42.8 Å². The van der Waals surface area contributed by atoms with E-state index in [1.807, 2.05) is 31.2 Å². The monoisotopic (exact) mass is 176 g/mol. The summed E-state index contributed by atoms with van der Waals surface area (Å²) in [5.74, 6) is 1.59. The van der Waals surface area contributed by atoms with Gasteiger partial charge in [-0.2, -0.15) is 0 Å². The summed E-state index contributed by atoms with van der Waals surface area (Å²) in [6.45, 7) is 6.02. The number of benzene rings is 1. The smallest absolute Gasteiger partial charge is 0.133 e. The Morgan fingerprint density at radius 3 is 2.46 bits per heavy atom. The van der Waals surface area contributed by atoms with Crippen molar-refractivity contribution in [2.24, 2.45) is 0 Å². The molecule has 0 spiro atoms. The number of ether oxygens (including phenoxy) is 2. The summed E-state index contributed by atoms with van der Waals surface area (Å²) in [5.41, 5.74) is 2.53. The molecule has 2 heteroatoms. The standard InChI is InChI=1S/C11H12O2/c1-3-9-13-11-7-5-10(6-8-11)12-4-2/h5-9H,1,4H2,2H3. The van der Waals surface area contributed by atoms with Gasteiger partial charge in [0.2, 0.25) is 0 Å². The maximum atomic E-state index is 5.27. The van der Waals surface area contributed by atoms with Gasteiger partial charge in [-0.3, -0.25) is 0 Å². The first-order chi connectivity index (χ1) is 6.36. The molecular formula is C11H12O2. The van der Waals surface area contributed by atoms with E-state index < -0.39 is 0 Å². The van der Waals surface area contributed by atoms with Crippen molar-refractivity contribution < 1.29 is 9.47 Å². The molecule has 0 saturated carbocycles. The second-order valence-electron chi connectivity index (χ2n) is 2.34. The summed E-state index contributed by atoms with van der Waals surface area (Å²) < 4.78 is 10.4. The average molecular weight is 176 g/mol. The van der Waals surface area contributed by atoms with Crippen LogP contribution in [0.5, 0.6) is 11.5 Å². The van der Waals surface area contributed by atoms with Gasteiger partial charge < -0.3 is 9.47 Å².